The number of phenolic OH excluding ortho intramolecular Hbond substituents is 1. The monoisotopic (exact) mass is 419 g/mol. The van der Waals surface area contributed by atoms with Crippen molar-refractivity contribution >= 4 is 38.1 Å². The van der Waals surface area contributed by atoms with E-state index in [0.717, 1.165) is 11.3 Å². The van der Waals surface area contributed by atoms with Crippen LogP contribution in [0.2, 0.25) is 0 Å². The van der Waals surface area contributed by atoms with Crippen LogP contribution in [0.3, 0.4) is 0 Å². The summed E-state index contributed by atoms with van der Waals surface area (Å²) in [7, 11) is -2.30. The minimum atomic E-state index is -3.79. The van der Waals surface area contributed by atoms with Crippen LogP contribution < -0.4 is 14.8 Å². The molecule has 1 aromatic heterocycles. The number of ether oxygens (including phenoxy) is 1. The number of nitrogens with one attached hydrogen (secondary N) is 2. The van der Waals surface area contributed by atoms with Crippen molar-refractivity contribution in [2.45, 2.75) is 11.3 Å². The van der Waals surface area contributed by atoms with Crippen molar-refractivity contribution in [1.29, 1.82) is 0 Å². The SMILES string of the molecule is COc1ccc(S(=O)(=O)Nc2nc(CC(=O)Nc3cccc(O)c3)cs2)cc1. The summed E-state index contributed by atoms with van der Waals surface area (Å²) in [6, 6.07) is 12.1. The summed E-state index contributed by atoms with van der Waals surface area (Å²) in [5.74, 6) is 0.260. The van der Waals surface area contributed by atoms with E-state index in [0.29, 0.717) is 17.1 Å². The lowest BCUT2D eigenvalue weighted by Gasteiger charge is -2.06. The Morgan fingerprint density at radius 3 is 2.64 bits per heavy atom. The number of hydrogen-bond acceptors (Lipinski definition) is 7. The Kier molecular flexibility index (Phi) is 5.81. The van der Waals surface area contributed by atoms with E-state index in [9.17, 15) is 18.3 Å². The Hall–Kier alpha value is -3.11. The quantitative estimate of drug-likeness (QED) is 0.542. The number of amides is 1. The number of thiazole rings is 1. The van der Waals surface area contributed by atoms with Gasteiger partial charge in [0.2, 0.25) is 5.91 Å². The van der Waals surface area contributed by atoms with Gasteiger partial charge in [-0.3, -0.25) is 9.52 Å². The minimum Gasteiger partial charge on any atom is -0.508 e. The molecule has 1 amide bonds. The largest absolute Gasteiger partial charge is 0.508 e. The van der Waals surface area contributed by atoms with Crippen molar-refractivity contribution in [3.8, 4) is 11.5 Å². The third-order valence-corrected chi connectivity index (χ3v) is 5.91. The second kappa shape index (κ2) is 8.28. The van der Waals surface area contributed by atoms with Crippen LogP contribution in [0.1, 0.15) is 5.69 Å². The normalized spacial score (nSPS) is 11.0. The van der Waals surface area contributed by atoms with E-state index in [2.05, 4.69) is 15.0 Å². The molecule has 8 nitrogen and oxygen atoms in total. The first-order valence-electron chi connectivity index (χ1n) is 8.06. The molecule has 0 fully saturated rings. The summed E-state index contributed by atoms with van der Waals surface area (Å²) in [4.78, 5) is 16.3. The molecule has 3 rings (SSSR count). The molecule has 0 atom stereocenters. The number of aromatic nitrogens is 1. The van der Waals surface area contributed by atoms with Gasteiger partial charge in [-0.05, 0) is 36.4 Å². The van der Waals surface area contributed by atoms with Gasteiger partial charge in [-0.1, -0.05) is 6.07 Å². The van der Waals surface area contributed by atoms with E-state index in [4.69, 9.17) is 4.74 Å². The second-order valence-electron chi connectivity index (χ2n) is 5.70. The Morgan fingerprint density at radius 1 is 1.21 bits per heavy atom. The fourth-order valence-electron chi connectivity index (χ4n) is 2.32. The number of aromatic hydroxyl groups is 1. The fourth-order valence-corrected chi connectivity index (χ4v) is 4.28. The molecule has 10 heteroatoms. The van der Waals surface area contributed by atoms with Crippen molar-refractivity contribution in [2.24, 2.45) is 0 Å². The van der Waals surface area contributed by atoms with Gasteiger partial charge in [0.25, 0.3) is 10.0 Å². The van der Waals surface area contributed by atoms with Gasteiger partial charge in [0.15, 0.2) is 5.13 Å². The van der Waals surface area contributed by atoms with Crippen LogP contribution in [0.15, 0.2) is 58.8 Å². The molecule has 0 bridgehead atoms. The highest BCUT2D eigenvalue weighted by atomic mass is 32.2. The highest BCUT2D eigenvalue weighted by Crippen LogP contribution is 2.22. The van der Waals surface area contributed by atoms with Crippen LogP contribution in [-0.2, 0) is 21.2 Å². The maximum absolute atomic E-state index is 12.4. The van der Waals surface area contributed by atoms with Gasteiger partial charge >= 0.3 is 0 Å². The summed E-state index contributed by atoms with van der Waals surface area (Å²) >= 11 is 1.08. The number of phenols is 1. The molecule has 0 saturated carbocycles. The number of anilines is 2. The number of carbonyl (C=O) groups excluding carboxylic acids is 1. The van der Waals surface area contributed by atoms with Crippen molar-refractivity contribution < 1.29 is 23.1 Å². The van der Waals surface area contributed by atoms with Gasteiger partial charge in [-0.15, -0.1) is 11.3 Å². The third-order valence-electron chi connectivity index (χ3n) is 3.61. The van der Waals surface area contributed by atoms with Gasteiger partial charge in [0, 0.05) is 17.1 Å². The van der Waals surface area contributed by atoms with Crippen LogP contribution in [0.25, 0.3) is 0 Å². The molecule has 3 N–H and O–H groups in total. The molecule has 0 aliphatic heterocycles. The van der Waals surface area contributed by atoms with Crippen molar-refractivity contribution in [1.82, 2.24) is 4.98 Å². The summed E-state index contributed by atoms with van der Waals surface area (Å²) in [6.07, 6.45) is -0.0313. The van der Waals surface area contributed by atoms with E-state index in [1.807, 2.05) is 0 Å². The van der Waals surface area contributed by atoms with E-state index in [-0.39, 0.29) is 28.1 Å². The van der Waals surface area contributed by atoms with Crippen molar-refractivity contribution in [3.05, 3.63) is 59.6 Å². The fraction of sp³-hybridized carbons (Fsp3) is 0.111. The zero-order valence-electron chi connectivity index (χ0n) is 14.7. The number of rotatable bonds is 7. The Balaban J connectivity index is 1.63. The topological polar surface area (TPSA) is 118 Å². The zero-order valence-corrected chi connectivity index (χ0v) is 16.4. The Bertz CT molecular complexity index is 1080. The predicted octanol–water partition coefficient (Wildman–Crippen LogP) is 2.84. The Morgan fingerprint density at radius 2 is 1.96 bits per heavy atom. The first kappa shape index (κ1) is 19.6. The predicted molar refractivity (Wildman–Crippen MR) is 106 cm³/mol. The van der Waals surface area contributed by atoms with Gasteiger partial charge in [-0.25, -0.2) is 13.4 Å². The number of carbonyl (C=O) groups is 1. The van der Waals surface area contributed by atoms with Crippen LogP contribution in [0.5, 0.6) is 11.5 Å². The van der Waals surface area contributed by atoms with E-state index in [1.54, 1.807) is 29.6 Å². The van der Waals surface area contributed by atoms with Crippen LogP contribution in [0, 0.1) is 0 Å². The molecule has 0 spiro atoms. The van der Waals surface area contributed by atoms with E-state index >= 15 is 0 Å². The second-order valence-corrected chi connectivity index (χ2v) is 8.24. The summed E-state index contributed by atoms with van der Waals surface area (Å²) in [5.41, 5.74) is 0.885. The molecule has 2 aromatic carbocycles. The molecule has 28 heavy (non-hydrogen) atoms. The molecular formula is C18H17N3O5S2. The molecule has 146 valence electrons. The average Bonchev–Trinajstić information content (AvgIpc) is 3.07. The van der Waals surface area contributed by atoms with Gasteiger partial charge in [0.05, 0.1) is 24.1 Å². The molecule has 0 aliphatic carbocycles. The Labute approximate surface area is 165 Å². The minimum absolute atomic E-state index is 0.0313. The molecular weight excluding hydrogens is 402 g/mol. The number of benzene rings is 2. The van der Waals surface area contributed by atoms with Crippen molar-refractivity contribution in [3.63, 3.8) is 0 Å². The number of sulfonamides is 1. The van der Waals surface area contributed by atoms with Crippen molar-refractivity contribution in [2.75, 3.05) is 17.1 Å². The van der Waals surface area contributed by atoms with Gasteiger partial charge < -0.3 is 15.2 Å². The summed E-state index contributed by atoms with van der Waals surface area (Å²) < 4.78 is 32.2. The molecule has 1 heterocycles. The summed E-state index contributed by atoms with van der Waals surface area (Å²) in [6.45, 7) is 0. The maximum atomic E-state index is 12.4. The smallest absolute Gasteiger partial charge is 0.263 e. The highest BCUT2D eigenvalue weighted by molar-refractivity contribution is 7.93. The summed E-state index contributed by atoms with van der Waals surface area (Å²) in [5, 5.41) is 13.8. The maximum Gasteiger partial charge on any atom is 0.263 e. The molecule has 0 saturated heterocycles. The average molecular weight is 419 g/mol. The van der Waals surface area contributed by atoms with Crippen LogP contribution in [0.4, 0.5) is 10.8 Å². The molecule has 0 aliphatic rings. The van der Waals surface area contributed by atoms with Crippen LogP contribution >= 0.6 is 11.3 Å². The van der Waals surface area contributed by atoms with Gasteiger partial charge in [0.1, 0.15) is 11.5 Å². The van der Waals surface area contributed by atoms with Crippen LogP contribution in [-0.4, -0.2) is 31.5 Å². The first-order chi connectivity index (χ1) is 13.4. The van der Waals surface area contributed by atoms with E-state index < -0.39 is 10.0 Å². The lowest BCUT2D eigenvalue weighted by molar-refractivity contribution is -0.115. The third kappa shape index (κ3) is 4.99. The zero-order chi connectivity index (χ0) is 20.1. The highest BCUT2D eigenvalue weighted by Gasteiger charge is 2.17. The van der Waals surface area contributed by atoms with E-state index in [1.165, 1.54) is 31.4 Å². The molecule has 3 aromatic rings. The van der Waals surface area contributed by atoms with Gasteiger partial charge in [-0.2, -0.15) is 0 Å². The standard InChI is InChI=1S/C18H17N3O5S2/c1-26-15-5-7-16(8-6-15)28(24,25)21-18-20-13(11-27-18)10-17(23)19-12-3-2-4-14(22)9-12/h2-9,11,22H,10H2,1H3,(H,19,23)(H,20,21). The molecule has 0 radical (unpaired) electrons. The number of hydrogen-bond donors (Lipinski definition) is 3. The lowest BCUT2D eigenvalue weighted by atomic mass is 10.2. The molecule has 0 unspecified atom stereocenters. The lowest BCUT2D eigenvalue weighted by Crippen LogP contribution is -2.15. The number of methoxy groups -OCH3 is 1. The number of nitrogens with zero attached hydrogens (tertiary/aromatic N) is 1. The first-order valence-corrected chi connectivity index (χ1v) is 10.4.